The average Bonchev–Trinajstić information content (AvgIpc) is 2.22. The largest absolute Gasteiger partial charge is 0.494 e. The zero-order valence-electron chi connectivity index (χ0n) is 11.3. The van der Waals surface area contributed by atoms with Gasteiger partial charge in [-0.1, -0.05) is 0 Å². The molecule has 0 aliphatic rings. The van der Waals surface area contributed by atoms with Crippen molar-refractivity contribution in [3.8, 4) is 5.75 Å². The van der Waals surface area contributed by atoms with Gasteiger partial charge < -0.3 is 9.53 Å². The zero-order valence-corrected chi connectivity index (χ0v) is 11.3. The second-order valence-electron chi connectivity index (χ2n) is 4.52. The molecule has 17 heavy (non-hydrogen) atoms. The van der Waals surface area contributed by atoms with Crippen LogP contribution in [0.15, 0.2) is 12.1 Å². The van der Waals surface area contributed by atoms with Gasteiger partial charge in [0.25, 0.3) is 0 Å². The van der Waals surface area contributed by atoms with E-state index >= 15 is 0 Å². The number of ketones is 1. The van der Waals surface area contributed by atoms with E-state index in [9.17, 15) is 4.79 Å². The van der Waals surface area contributed by atoms with Crippen molar-refractivity contribution in [1.82, 2.24) is 0 Å². The molecule has 0 spiro atoms. The third-order valence-electron chi connectivity index (χ3n) is 2.94. The molecule has 94 valence electrons. The van der Waals surface area contributed by atoms with Gasteiger partial charge in [-0.15, -0.1) is 0 Å². The SMILES string of the molecule is CCOc1cc(C)c(CCCC(C)=O)c(C)c1. The van der Waals surface area contributed by atoms with Crippen LogP contribution in [0.2, 0.25) is 0 Å². The van der Waals surface area contributed by atoms with E-state index in [0.29, 0.717) is 13.0 Å². The molecule has 1 aromatic carbocycles. The summed E-state index contributed by atoms with van der Waals surface area (Å²) in [6.45, 7) is 8.56. The Kier molecular flexibility index (Phi) is 5.20. The van der Waals surface area contributed by atoms with Crippen molar-refractivity contribution in [1.29, 1.82) is 0 Å². The molecule has 0 atom stereocenters. The van der Waals surface area contributed by atoms with E-state index < -0.39 is 0 Å². The van der Waals surface area contributed by atoms with Crippen LogP contribution in [0, 0.1) is 13.8 Å². The number of Topliss-reactive ketones (excluding diaryl/α,β-unsaturated/α-hetero) is 1. The van der Waals surface area contributed by atoms with Crippen LogP contribution >= 0.6 is 0 Å². The molecule has 0 amide bonds. The predicted octanol–water partition coefficient (Wildman–Crippen LogP) is 3.61. The van der Waals surface area contributed by atoms with Gasteiger partial charge in [0.15, 0.2) is 0 Å². The van der Waals surface area contributed by atoms with Crippen molar-refractivity contribution in [2.24, 2.45) is 0 Å². The van der Waals surface area contributed by atoms with Crippen LogP contribution in [0.5, 0.6) is 5.75 Å². The standard InChI is InChI=1S/C15H22O2/c1-5-17-14-9-11(2)15(12(3)10-14)8-6-7-13(4)16/h9-10H,5-8H2,1-4H3. The topological polar surface area (TPSA) is 26.3 Å². The number of ether oxygens (including phenoxy) is 1. The van der Waals surface area contributed by atoms with Crippen LogP contribution in [0.25, 0.3) is 0 Å². The Morgan fingerprint density at radius 1 is 1.24 bits per heavy atom. The fraction of sp³-hybridized carbons (Fsp3) is 0.533. The summed E-state index contributed by atoms with van der Waals surface area (Å²) in [7, 11) is 0. The van der Waals surface area contributed by atoms with Gasteiger partial charge >= 0.3 is 0 Å². The highest BCUT2D eigenvalue weighted by Gasteiger charge is 2.06. The molecule has 0 fully saturated rings. The third kappa shape index (κ3) is 4.22. The number of rotatable bonds is 6. The van der Waals surface area contributed by atoms with Crippen LogP contribution < -0.4 is 4.74 Å². The molecular weight excluding hydrogens is 212 g/mol. The second kappa shape index (κ2) is 6.43. The van der Waals surface area contributed by atoms with Gasteiger partial charge in [-0.3, -0.25) is 0 Å². The molecule has 0 aromatic heterocycles. The quantitative estimate of drug-likeness (QED) is 0.751. The summed E-state index contributed by atoms with van der Waals surface area (Å²) in [6, 6.07) is 4.17. The summed E-state index contributed by atoms with van der Waals surface area (Å²) in [5.74, 6) is 1.21. The molecule has 2 heteroatoms. The lowest BCUT2D eigenvalue weighted by atomic mass is 9.97. The van der Waals surface area contributed by atoms with E-state index in [0.717, 1.165) is 18.6 Å². The Labute approximate surface area is 104 Å². The summed E-state index contributed by atoms with van der Waals surface area (Å²) in [5, 5.41) is 0. The van der Waals surface area contributed by atoms with Crippen molar-refractivity contribution < 1.29 is 9.53 Å². The van der Waals surface area contributed by atoms with Crippen molar-refractivity contribution in [3.63, 3.8) is 0 Å². The molecule has 1 aromatic rings. The highest BCUT2D eigenvalue weighted by molar-refractivity contribution is 5.75. The molecule has 0 N–H and O–H groups in total. The Morgan fingerprint density at radius 2 is 1.82 bits per heavy atom. The molecule has 0 aliphatic heterocycles. The van der Waals surface area contributed by atoms with Gasteiger partial charge in [-0.2, -0.15) is 0 Å². The minimum Gasteiger partial charge on any atom is -0.494 e. The minimum atomic E-state index is 0.270. The number of hydrogen-bond acceptors (Lipinski definition) is 2. The van der Waals surface area contributed by atoms with Crippen molar-refractivity contribution >= 4 is 5.78 Å². The van der Waals surface area contributed by atoms with Crippen molar-refractivity contribution in [2.75, 3.05) is 6.61 Å². The first-order chi connectivity index (χ1) is 8.04. The van der Waals surface area contributed by atoms with Crippen LogP contribution in [0.4, 0.5) is 0 Å². The van der Waals surface area contributed by atoms with E-state index in [1.165, 1.54) is 16.7 Å². The molecule has 0 saturated carbocycles. The van der Waals surface area contributed by atoms with Gasteiger partial charge in [-0.25, -0.2) is 0 Å². The molecule has 0 bridgehead atoms. The van der Waals surface area contributed by atoms with Crippen molar-refractivity contribution in [3.05, 3.63) is 28.8 Å². The summed E-state index contributed by atoms with van der Waals surface area (Å²) < 4.78 is 5.51. The lowest BCUT2D eigenvalue weighted by Crippen LogP contribution is -1.99. The Morgan fingerprint density at radius 3 is 2.29 bits per heavy atom. The van der Waals surface area contributed by atoms with Gasteiger partial charge in [0.05, 0.1) is 6.61 Å². The first-order valence-corrected chi connectivity index (χ1v) is 6.27. The van der Waals surface area contributed by atoms with Gasteiger partial charge in [0.1, 0.15) is 11.5 Å². The summed E-state index contributed by atoms with van der Waals surface area (Å²) in [5.41, 5.74) is 3.88. The maximum absolute atomic E-state index is 10.9. The molecular formula is C15H22O2. The monoisotopic (exact) mass is 234 g/mol. The number of aryl methyl sites for hydroxylation is 2. The fourth-order valence-electron chi connectivity index (χ4n) is 2.11. The molecule has 0 heterocycles. The average molecular weight is 234 g/mol. The number of carbonyl (C=O) groups excluding carboxylic acids is 1. The highest BCUT2D eigenvalue weighted by Crippen LogP contribution is 2.23. The minimum absolute atomic E-state index is 0.270. The number of benzene rings is 1. The number of hydrogen-bond donors (Lipinski definition) is 0. The maximum atomic E-state index is 10.9. The third-order valence-corrected chi connectivity index (χ3v) is 2.94. The zero-order chi connectivity index (χ0) is 12.8. The normalized spacial score (nSPS) is 10.4. The van der Waals surface area contributed by atoms with E-state index in [1.54, 1.807) is 6.92 Å². The van der Waals surface area contributed by atoms with Crippen LogP contribution in [-0.4, -0.2) is 12.4 Å². The van der Waals surface area contributed by atoms with E-state index in [4.69, 9.17) is 4.74 Å². The summed E-state index contributed by atoms with van der Waals surface area (Å²) in [4.78, 5) is 10.9. The van der Waals surface area contributed by atoms with Crippen LogP contribution in [-0.2, 0) is 11.2 Å². The predicted molar refractivity (Wildman–Crippen MR) is 70.7 cm³/mol. The molecule has 2 nitrogen and oxygen atoms in total. The molecule has 0 aliphatic carbocycles. The summed E-state index contributed by atoms with van der Waals surface area (Å²) in [6.07, 6.45) is 2.58. The lowest BCUT2D eigenvalue weighted by Gasteiger charge is -2.12. The van der Waals surface area contributed by atoms with E-state index in [-0.39, 0.29) is 5.78 Å². The first kappa shape index (κ1) is 13.8. The molecule has 1 rings (SSSR count). The first-order valence-electron chi connectivity index (χ1n) is 6.27. The Hall–Kier alpha value is -1.31. The van der Waals surface area contributed by atoms with Crippen LogP contribution in [0.1, 0.15) is 43.4 Å². The van der Waals surface area contributed by atoms with Crippen molar-refractivity contribution in [2.45, 2.75) is 47.0 Å². The molecule has 0 radical (unpaired) electrons. The highest BCUT2D eigenvalue weighted by atomic mass is 16.5. The Bertz CT molecular complexity index is 371. The lowest BCUT2D eigenvalue weighted by molar-refractivity contribution is -0.117. The maximum Gasteiger partial charge on any atom is 0.129 e. The van der Waals surface area contributed by atoms with Gasteiger partial charge in [-0.05, 0) is 69.4 Å². The molecule has 0 unspecified atom stereocenters. The number of carbonyl (C=O) groups is 1. The van der Waals surface area contributed by atoms with Gasteiger partial charge in [0, 0.05) is 6.42 Å². The fourth-order valence-corrected chi connectivity index (χ4v) is 2.11. The Balaban J connectivity index is 2.75. The smallest absolute Gasteiger partial charge is 0.129 e. The van der Waals surface area contributed by atoms with E-state index in [1.807, 2.05) is 6.92 Å². The molecule has 0 saturated heterocycles. The van der Waals surface area contributed by atoms with Gasteiger partial charge in [0.2, 0.25) is 0 Å². The van der Waals surface area contributed by atoms with Crippen LogP contribution in [0.3, 0.4) is 0 Å². The summed E-state index contributed by atoms with van der Waals surface area (Å²) >= 11 is 0. The second-order valence-corrected chi connectivity index (χ2v) is 4.52. The van der Waals surface area contributed by atoms with E-state index in [2.05, 4.69) is 26.0 Å².